The number of hydrogen-bond acceptors (Lipinski definition) is 5. The summed E-state index contributed by atoms with van der Waals surface area (Å²) in [4.78, 5) is 26.9. The van der Waals surface area contributed by atoms with Crippen LogP contribution in [0.25, 0.3) is 15.8 Å². The standard InChI is InChI=1S/C29H29N3O3S/c1-4-35-29(34)26-24-11-7-8-12-25(24)36-28(26)32-18(2)15-23(19(32)3)17-30-31-27(33)22-14-13-20-9-5-6-10-21(20)16-22/h5-6,9-10,13-17H,4,7-8,11-12H2,1-3H3,(H,31,33)/b30-17+. The van der Waals surface area contributed by atoms with Crippen LogP contribution in [-0.4, -0.2) is 29.3 Å². The molecule has 0 bridgehead atoms. The molecule has 184 valence electrons. The van der Waals surface area contributed by atoms with Crippen molar-refractivity contribution in [3.63, 3.8) is 0 Å². The summed E-state index contributed by atoms with van der Waals surface area (Å²) in [6.07, 6.45) is 5.81. The molecule has 1 N–H and O–H groups in total. The van der Waals surface area contributed by atoms with Crippen molar-refractivity contribution >= 4 is 40.2 Å². The van der Waals surface area contributed by atoms with Crippen molar-refractivity contribution in [1.82, 2.24) is 9.99 Å². The number of amides is 1. The van der Waals surface area contributed by atoms with Gasteiger partial charge in [-0.25, -0.2) is 10.2 Å². The first-order valence-corrected chi connectivity index (χ1v) is 13.1. The van der Waals surface area contributed by atoms with Gasteiger partial charge in [0.2, 0.25) is 0 Å². The molecule has 4 aromatic rings. The molecule has 5 rings (SSSR count). The van der Waals surface area contributed by atoms with E-state index in [1.54, 1.807) is 23.6 Å². The Morgan fingerprint density at radius 2 is 1.86 bits per heavy atom. The Kier molecular flexibility index (Phi) is 6.74. The molecule has 0 spiro atoms. The SMILES string of the molecule is CCOC(=O)c1c(-n2c(C)cc(/C=N/NC(=O)c3ccc4ccccc4c3)c2C)sc2c1CCCC2. The molecule has 0 saturated heterocycles. The van der Waals surface area contributed by atoms with Crippen molar-refractivity contribution in [2.75, 3.05) is 6.61 Å². The first kappa shape index (κ1) is 24.0. The number of fused-ring (bicyclic) bond motifs is 2. The van der Waals surface area contributed by atoms with Crippen LogP contribution in [0.3, 0.4) is 0 Å². The number of thiophene rings is 1. The Balaban J connectivity index is 1.42. The molecule has 2 aromatic heterocycles. The Morgan fingerprint density at radius 3 is 2.67 bits per heavy atom. The number of carbonyl (C=O) groups excluding carboxylic acids is 2. The van der Waals surface area contributed by atoms with Gasteiger partial charge in [0.15, 0.2) is 0 Å². The normalized spacial score (nSPS) is 13.2. The van der Waals surface area contributed by atoms with E-state index >= 15 is 0 Å². The van der Waals surface area contributed by atoms with Crippen molar-refractivity contribution < 1.29 is 14.3 Å². The van der Waals surface area contributed by atoms with Crippen LogP contribution in [0.2, 0.25) is 0 Å². The molecule has 36 heavy (non-hydrogen) atoms. The number of nitrogens with zero attached hydrogens (tertiary/aromatic N) is 2. The molecular weight excluding hydrogens is 470 g/mol. The van der Waals surface area contributed by atoms with Gasteiger partial charge in [0.1, 0.15) is 5.00 Å². The highest BCUT2D eigenvalue weighted by atomic mass is 32.1. The summed E-state index contributed by atoms with van der Waals surface area (Å²) < 4.78 is 7.55. The van der Waals surface area contributed by atoms with Crippen molar-refractivity contribution in [2.45, 2.75) is 46.5 Å². The zero-order chi connectivity index (χ0) is 25.2. The maximum atomic E-state index is 13.0. The summed E-state index contributed by atoms with van der Waals surface area (Å²) in [5.74, 6) is -0.515. The van der Waals surface area contributed by atoms with E-state index in [4.69, 9.17) is 4.74 Å². The number of hydrogen-bond donors (Lipinski definition) is 1. The summed E-state index contributed by atoms with van der Waals surface area (Å²) in [5.41, 5.74) is 7.88. The highest BCUT2D eigenvalue weighted by molar-refractivity contribution is 7.15. The Morgan fingerprint density at radius 1 is 1.08 bits per heavy atom. The predicted molar refractivity (Wildman–Crippen MR) is 145 cm³/mol. The molecule has 1 amide bonds. The quantitative estimate of drug-likeness (QED) is 0.197. The van der Waals surface area contributed by atoms with Crippen LogP contribution in [-0.2, 0) is 17.6 Å². The van der Waals surface area contributed by atoms with Gasteiger partial charge in [-0.15, -0.1) is 11.3 Å². The van der Waals surface area contributed by atoms with E-state index < -0.39 is 0 Å². The molecule has 0 radical (unpaired) electrons. The summed E-state index contributed by atoms with van der Waals surface area (Å²) in [6.45, 7) is 6.21. The van der Waals surface area contributed by atoms with E-state index in [1.165, 1.54) is 4.88 Å². The number of esters is 1. The predicted octanol–water partition coefficient (Wildman–Crippen LogP) is 6.13. The topological polar surface area (TPSA) is 72.7 Å². The molecule has 0 fully saturated rings. The molecule has 0 atom stereocenters. The average Bonchev–Trinajstić information content (AvgIpc) is 3.39. The minimum absolute atomic E-state index is 0.253. The fraction of sp³-hybridized carbons (Fsp3) is 0.276. The van der Waals surface area contributed by atoms with Crippen molar-refractivity contribution in [1.29, 1.82) is 0 Å². The number of rotatable bonds is 6. The van der Waals surface area contributed by atoms with Gasteiger partial charge in [-0.3, -0.25) is 4.79 Å². The molecule has 2 aromatic carbocycles. The molecule has 6 nitrogen and oxygen atoms in total. The fourth-order valence-corrected chi connectivity index (χ4v) is 6.40. The van der Waals surface area contributed by atoms with E-state index in [0.717, 1.165) is 64.0 Å². The molecule has 1 aliphatic rings. The van der Waals surface area contributed by atoms with Crippen LogP contribution in [0, 0.1) is 13.8 Å². The van der Waals surface area contributed by atoms with Crippen LogP contribution >= 0.6 is 11.3 Å². The summed E-state index contributed by atoms with van der Waals surface area (Å²) in [6, 6.07) is 15.5. The van der Waals surface area contributed by atoms with Crippen LogP contribution in [0.5, 0.6) is 0 Å². The average molecular weight is 500 g/mol. The second kappa shape index (κ2) is 10.1. The lowest BCUT2D eigenvalue weighted by Gasteiger charge is -2.13. The third kappa shape index (κ3) is 4.46. The first-order chi connectivity index (χ1) is 17.5. The lowest BCUT2D eigenvalue weighted by atomic mass is 9.95. The number of carbonyl (C=O) groups is 2. The number of nitrogens with one attached hydrogen (secondary N) is 1. The van der Waals surface area contributed by atoms with Crippen LogP contribution in [0.1, 0.15) is 67.9 Å². The highest BCUT2D eigenvalue weighted by Crippen LogP contribution is 2.39. The van der Waals surface area contributed by atoms with Gasteiger partial charge in [0.25, 0.3) is 5.91 Å². The zero-order valence-electron chi connectivity index (χ0n) is 20.8. The molecule has 2 heterocycles. The number of ether oxygens (including phenoxy) is 1. The maximum Gasteiger partial charge on any atom is 0.341 e. The van der Waals surface area contributed by atoms with Crippen LogP contribution < -0.4 is 5.43 Å². The van der Waals surface area contributed by atoms with E-state index in [0.29, 0.717) is 17.7 Å². The van der Waals surface area contributed by atoms with Crippen molar-refractivity contribution in [3.05, 3.63) is 87.0 Å². The minimum Gasteiger partial charge on any atom is -0.462 e. The minimum atomic E-state index is -0.263. The van der Waals surface area contributed by atoms with Crippen molar-refractivity contribution in [3.8, 4) is 5.00 Å². The monoisotopic (exact) mass is 499 g/mol. The lowest BCUT2D eigenvalue weighted by molar-refractivity contribution is 0.0525. The largest absolute Gasteiger partial charge is 0.462 e. The molecular formula is C29H29N3O3S. The van der Waals surface area contributed by atoms with Gasteiger partial charge in [-0.05, 0) is 81.0 Å². The number of aromatic nitrogens is 1. The maximum absolute atomic E-state index is 13.0. The van der Waals surface area contributed by atoms with E-state index in [2.05, 4.69) is 15.1 Å². The molecule has 7 heteroatoms. The van der Waals surface area contributed by atoms with Gasteiger partial charge in [-0.1, -0.05) is 30.3 Å². The third-order valence-electron chi connectivity index (χ3n) is 6.69. The molecule has 0 aliphatic heterocycles. The van der Waals surface area contributed by atoms with Gasteiger partial charge >= 0.3 is 5.97 Å². The Labute approximate surface area is 214 Å². The Bertz CT molecular complexity index is 1500. The summed E-state index contributed by atoms with van der Waals surface area (Å²) in [5, 5.41) is 7.24. The number of benzene rings is 2. The summed E-state index contributed by atoms with van der Waals surface area (Å²) >= 11 is 1.69. The van der Waals surface area contributed by atoms with E-state index in [9.17, 15) is 9.59 Å². The van der Waals surface area contributed by atoms with Gasteiger partial charge in [0.05, 0.1) is 18.4 Å². The number of hydrazone groups is 1. The molecule has 0 unspecified atom stereocenters. The number of aryl methyl sites for hydroxylation is 2. The molecule has 0 saturated carbocycles. The second-order valence-electron chi connectivity index (χ2n) is 9.03. The van der Waals surface area contributed by atoms with Gasteiger partial charge < -0.3 is 9.30 Å². The lowest BCUT2D eigenvalue weighted by Crippen LogP contribution is -2.17. The van der Waals surface area contributed by atoms with Gasteiger partial charge in [-0.2, -0.15) is 5.10 Å². The molecule has 1 aliphatic carbocycles. The van der Waals surface area contributed by atoms with E-state index in [-0.39, 0.29) is 11.9 Å². The smallest absolute Gasteiger partial charge is 0.341 e. The zero-order valence-corrected chi connectivity index (χ0v) is 21.6. The van der Waals surface area contributed by atoms with Crippen LogP contribution in [0.15, 0.2) is 53.6 Å². The Hall–Kier alpha value is -3.71. The van der Waals surface area contributed by atoms with Crippen LogP contribution in [0.4, 0.5) is 0 Å². The first-order valence-electron chi connectivity index (χ1n) is 12.3. The van der Waals surface area contributed by atoms with E-state index in [1.807, 2.05) is 63.2 Å². The fourth-order valence-electron chi connectivity index (χ4n) is 4.91. The van der Waals surface area contributed by atoms with Gasteiger partial charge in [0, 0.05) is 27.4 Å². The van der Waals surface area contributed by atoms with Crippen molar-refractivity contribution in [2.24, 2.45) is 5.10 Å². The second-order valence-corrected chi connectivity index (χ2v) is 10.1. The summed E-state index contributed by atoms with van der Waals surface area (Å²) in [7, 11) is 0. The third-order valence-corrected chi connectivity index (χ3v) is 7.96. The highest BCUT2D eigenvalue weighted by Gasteiger charge is 2.28.